The number of carbonyl (C=O) groups excluding carboxylic acids is 2. The predicted molar refractivity (Wildman–Crippen MR) is 110 cm³/mol. The molecule has 2 heterocycles. The van der Waals surface area contributed by atoms with Crippen molar-refractivity contribution in [3.05, 3.63) is 50.3 Å². The summed E-state index contributed by atoms with van der Waals surface area (Å²) in [5.74, 6) is -0.0920. The van der Waals surface area contributed by atoms with Gasteiger partial charge in [0, 0.05) is 14.9 Å². The lowest BCUT2D eigenvalue weighted by atomic mass is 10.0. The Hall–Kier alpha value is -1.50. The van der Waals surface area contributed by atoms with Crippen LogP contribution in [0.2, 0.25) is 0 Å². The van der Waals surface area contributed by atoms with E-state index >= 15 is 0 Å². The molecule has 1 aliphatic rings. The highest BCUT2D eigenvalue weighted by Gasteiger charge is 2.23. The molecule has 0 radical (unpaired) electrons. The van der Waals surface area contributed by atoms with Crippen LogP contribution < -0.4 is 5.32 Å². The van der Waals surface area contributed by atoms with Crippen molar-refractivity contribution in [3.8, 4) is 0 Å². The number of aryl methyl sites for hydroxylation is 1. The van der Waals surface area contributed by atoms with Gasteiger partial charge in [0.1, 0.15) is 5.00 Å². The van der Waals surface area contributed by atoms with Crippen LogP contribution in [0, 0.1) is 13.8 Å². The van der Waals surface area contributed by atoms with Crippen molar-refractivity contribution >= 4 is 44.0 Å². The fourth-order valence-electron chi connectivity index (χ4n) is 3.22. The number of amides is 1. The maximum absolute atomic E-state index is 13.0. The van der Waals surface area contributed by atoms with Gasteiger partial charge in [-0.1, -0.05) is 22.4 Å². The summed E-state index contributed by atoms with van der Waals surface area (Å²) in [5, 5.41) is 3.65. The molecular weight excluding hydrogens is 412 g/mol. The number of rotatable bonds is 5. The molecule has 1 aromatic carbocycles. The molecule has 1 aromatic heterocycles. The maximum Gasteiger partial charge on any atom is 0.239 e. The molecule has 3 rings (SSSR count). The quantitative estimate of drug-likeness (QED) is 0.688. The lowest BCUT2D eigenvalue weighted by Gasteiger charge is -2.25. The SMILES string of the molecule is Cc1sc(NC(=O)CN2CCCCC2)c(C(=O)c2ccc(Br)cc2)c1C. The molecule has 138 valence electrons. The number of thiophene rings is 1. The van der Waals surface area contributed by atoms with E-state index < -0.39 is 0 Å². The highest BCUT2D eigenvalue weighted by Crippen LogP contribution is 2.34. The van der Waals surface area contributed by atoms with Crippen molar-refractivity contribution in [1.82, 2.24) is 4.90 Å². The van der Waals surface area contributed by atoms with Crippen LogP contribution in [0.4, 0.5) is 5.00 Å². The first-order valence-electron chi connectivity index (χ1n) is 8.88. The van der Waals surface area contributed by atoms with Gasteiger partial charge in [-0.25, -0.2) is 0 Å². The second-order valence-electron chi connectivity index (χ2n) is 6.71. The molecular formula is C20H23BrN2O2S. The number of anilines is 1. The van der Waals surface area contributed by atoms with Gasteiger partial charge < -0.3 is 5.32 Å². The average Bonchev–Trinajstić information content (AvgIpc) is 2.89. The maximum atomic E-state index is 13.0. The highest BCUT2D eigenvalue weighted by molar-refractivity contribution is 9.10. The Morgan fingerprint density at radius 1 is 1.12 bits per heavy atom. The molecule has 0 spiro atoms. The van der Waals surface area contributed by atoms with Crippen LogP contribution in [-0.2, 0) is 4.79 Å². The first-order chi connectivity index (χ1) is 12.5. The molecule has 1 N–H and O–H groups in total. The summed E-state index contributed by atoms with van der Waals surface area (Å²) in [6.45, 7) is 6.26. The summed E-state index contributed by atoms with van der Waals surface area (Å²) in [6, 6.07) is 7.32. The normalized spacial score (nSPS) is 15.0. The van der Waals surface area contributed by atoms with Crippen LogP contribution in [0.3, 0.4) is 0 Å². The van der Waals surface area contributed by atoms with Crippen LogP contribution in [0.5, 0.6) is 0 Å². The largest absolute Gasteiger partial charge is 0.316 e. The van der Waals surface area contributed by atoms with Gasteiger partial charge in [-0.05, 0) is 69.6 Å². The van der Waals surface area contributed by atoms with Gasteiger partial charge in [0.15, 0.2) is 5.78 Å². The van der Waals surface area contributed by atoms with Crippen LogP contribution in [0.1, 0.15) is 45.6 Å². The third kappa shape index (κ3) is 4.42. The Kier molecular flexibility index (Phi) is 6.27. The van der Waals surface area contributed by atoms with E-state index in [1.54, 1.807) is 12.1 Å². The van der Waals surface area contributed by atoms with Crippen LogP contribution in [0.15, 0.2) is 28.7 Å². The first-order valence-corrected chi connectivity index (χ1v) is 10.5. The zero-order valence-corrected chi connectivity index (χ0v) is 17.5. The second-order valence-corrected chi connectivity index (χ2v) is 8.85. The van der Waals surface area contributed by atoms with Gasteiger partial charge in [0.25, 0.3) is 0 Å². The van der Waals surface area contributed by atoms with Gasteiger partial charge in [-0.3, -0.25) is 14.5 Å². The van der Waals surface area contributed by atoms with E-state index in [0.717, 1.165) is 40.8 Å². The molecule has 6 heteroatoms. The predicted octanol–water partition coefficient (Wildman–Crippen LogP) is 4.78. The van der Waals surface area contributed by atoms with Crippen LogP contribution in [-0.4, -0.2) is 36.2 Å². The van der Waals surface area contributed by atoms with Gasteiger partial charge >= 0.3 is 0 Å². The van der Waals surface area contributed by atoms with E-state index in [0.29, 0.717) is 22.7 Å². The van der Waals surface area contributed by atoms with E-state index in [4.69, 9.17) is 0 Å². The molecule has 1 amide bonds. The van der Waals surface area contributed by atoms with Crippen molar-refractivity contribution in [2.75, 3.05) is 25.0 Å². The minimum Gasteiger partial charge on any atom is -0.316 e. The molecule has 0 bridgehead atoms. The number of likely N-dealkylation sites (tertiary alicyclic amines) is 1. The fraction of sp³-hybridized carbons (Fsp3) is 0.400. The zero-order valence-electron chi connectivity index (χ0n) is 15.1. The highest BCUT2D eigenvalue weighted by atomic mass is 79.9. The number of carbonyl (C=O) groups is 2. The molecule has 1 aliphatic heterocycles. The Morgan fingerprint density at radius 3 is 2.42 bits per heavy atom. The lowest BCUT2D eigenvalue weighted by molar-refractivity contribution is -0.117. The lowest BCUT2D eigenvalue weighted by Crippen LogP contribution is -2.36. The Bertz CT molecular complexity index is 808. The topological polar surface area (TPSA) is 49.4 Å². The van der Waals surface area contributed by atoms with E-state index in [2.05, 4.69) is 26.1 Å². The van der Waals surface area contributed by atoms with Crippen molar-refractivity contribution in [3.63, 3.8) is 0 Å². The number of hydrogen-bond donors (Lipinski definition) is 1. The van der Waals surface area contributed by atoms with Crippen molar-refractivity contribution in [2.45, 2.75) is 33.1 Å². The van der Waals surface area contributed by atoms with E-state index in [9.17, 15) is 9.59 Å². The van der Waals surface area contributed by atoms with Crippen molar-refractivity contribution in [2.24, 2.45) is 0 Å². The number of halogens is 1. The third-order valence-electron chi connectivity index (χ3n) is 4.79. The van der Waals surface area contributed by atoms with Crippen LogP contribution >= 0.6 is 27.3 Å². The molecule has 1 saturated heterocycles. The van der Waals surface area contributed by atoms with E-state index in [1.807, 2.05) is 26.0 Å². The summed E-state index contributed by atoms with van der Waals surface area (Å²) in [6.07, 6.45) is 3.54. The van der Waals surface area contributed by atoms with E-state index in [-0.39, 0.29) is 11.7 Å². The van der Waals surface area contributed by atoms with Gasteiger partial charge in [0.05, 0.1) is 12.1 Å². The molecule has 0 aliphatic carbocycles. The standard InChI is InChI=1S/C20H23BrN2O2S/c1-13-14(2)26-20(22-17(24)12-23-10-4-3-5-11-23)18(13)19(25)15-6-8-16(21)9-7-15/h6-9H,3-5,10-12H2,1-2H3,(H,22,24). The number of ketones is 1. The Morgan fingerprint density at radius 2 is 1.77 bits per heavy atom. The Labute approximate surface area is 166 Å². The average molecular weight is 435 g/mol. The summed E-state index contributed by atoms with van der Waals surface area (Å²) in [5.41, 5.74) is 2.18. The molecule has 0 unspecified atom stereocenters. The number of piperidine rings is 1. The number of hydrogen-bond acceptors (Lipinski definition) is 4. The summed E-state index contributed by atoms with van der Waals surface area (Å²) < 4.78 is 0.933. The minimum absolute atomic E-state index is 0.0435. The van der Waals surface area contributed by atoms with E-state index in [1.165, 1.54) is 17.8 Å². The molecule has 1 fully saturated rings. The zero-order chi connectivity index (χ0) is 18.7. The minimum atomic E-state index is -0.0485. The molecule has 2 aromatic rings. The molecule has 26 heavy (non-hydrogen) atoms. The third-order valence-corrected chi connectivity index (χ3v) is 6.44. The number of benzene rings is 1. The van der Waals surface area contributed by atoms with Gasteiger partial charge in [0.2, 0.25) is 5.91 Å². The monoisotopic (exact) mass is 434 g/mol. The Balaban J connectivity index is 1.79. The van der Waals surface area contributed by atoms with Crippen LogP contribution in [0.25, 0.3) is 0 Å². The van der Waals surface area contributed by atoms with Crippen molar-refractivity contribution in [1.29, 1.82) is 0 Å². The summed E-state index contributed by atoms with van der Waals surface area (Å²) in [7, 11) is 0. The first kappa shape index (κ1) is 19.3. The molecule has 0 atom stereocenters. The van der Waals surface area contributed by atoms with Crippen molar-refractivity contribution < 1.29 is 9.59 Å². The van der Waals surface area contributed by atoms with Gasteiger partial charge in [-0.2, -0.15) is 0 Å². The number of nitrogens with zero attached hydrogens (tertiary/aromatic N) is 1. The molecule has 4 nitrogen and oxygen atoms in total. The second kappa shape index (κ2) is 8.46. The summed E-state index contributed by atoms with van der Waals surface area (Å²) in [4.78, 5) is 28.7. The smallest absolute Gasteiger partial charge is 0.239 e. The summed E-state index contributed by atoms with van der Waals surface area (Å²) >= 11 is 4.87. The van der Waals surface area contributed by atoms with Gasteiger partial charge in [-0.15, -0.1) is 11.3 Å². The number of nitrogens with one attached hydrogen (secondary N) is 1. The molecule has 0 saturated carbocycles. The fourth-order valence-corrected chi connectivity index (χ4v) is 4.56.